The molecule has 0 fully saturated rings. The Morgan fingerprint density at radius 3 is 2.57 bits per heavy atom. The van der Waals surface area contributed by atoms with Crippen molar-refractivity contribution >= 4 is 34.9 Å². The van der Waals surface area contributed by atoms with Crippen LogP contribution in [0.5, 0.6) is 0 Å². The average molecular weight is 430 g/mol. The molecule has 0 aliphatic rings. The highest BCUT2D eigenvalue weighted by atomic mass is 35.5. The highest BCUT2D eigenvalue weighted by Crippen LogP contribution is 2.35. The van der Waals surface area contributed by atoms with Crippen LogP contribution in [0.4, 0.5) is 13.2 Å². The third kappa shape index (κ3) is 4.11. The summed E-state index contributed by atoms with van der Waals surface area (Å²) < 4.78 is 47.6. The molecule has 0 spiro atoms. The minimum atomic E-state index is -4.75. The summed E-state index contributed by atoms with van der Waals surface area (Å²) in [5.74, 6) is 0. The van der Waals surface area contributed by atoms with Crippen molar-refractivity contribution in [1.29, 1.82) is 0 Å². The van der Waals surface area contributed by atoms with Crippen molar-refractivity contribution in [2.75, 3.05) is 13.7 Å². The highest BCUT2D eigenvalue weighted by Gasteiger charge is 2.35. The van der Waals surface area contributed by atoms with Crippen LogP contribution in [-0.2, 0) is 17.5 Å². The Hall–Kier alpha value is -2.23. The Kier molecular flexibility index (Phi) is 5.87. The lowest BCUT2D eigenvalue weighted by Crippen LogP contribution is -2.21. The van der Waals surface area contributed by atoms with Gasteiger partial charge in [0, 0.05) is 30.8 Å². The first-order valence-electron chi connectivity index (χ1n) is 8.22. The summed E-state index contributed by atoms with van der Waals surface area (Å²) in [6.07, 6.45) is -4.26. The maximum atomic E-state index is 13.7. The van der Waals surface area contributed by atoms with E-state index in [9.17, 15) is 18.0 Å². The number of hydrogen-bond acceptors (Lipinski definition) is 4. The fourth-order valence-corrected chi connectivity index (χ4v) is 3.24. The maximum Gasteiger partial charge on any atom is 0.417 e. The van der Waals surface area contributed by atoms with E-state index in [1.807, 2.05) is 0 Å². The van der Waals surface area contributed by atoms with Crippen LogP contribution in [0.15, 0.2) is 35.1 Å². The van der Waals surface area contributed by atoms with Crippen LogP contribution in [0.25, 0.3) is 22.3 Å². The highest BCUT2D eigenvalue weighted by molar-refractivity contribution is 7.71. The molecule has 3 rings (SSSR count). The van der Waals surface area contributed by atoms with Crippen LogP contribution >= 0.6 is 23.8 Å². The number of hydrogen-bond donors (Lipinski definition) is 1. The number of fused-ring (bicyclic) bond motifs is 1. The molecule has 1 N–H and O–H groups in total. The van der Waals surface area contributed by atoms with E-state index in [4.69, 9.17) is 28.6 Å². The van der Waals surface area contributed by atoms with Gasteiger partial charge in [-0.1, -0.05) is 23.7 Å². The summed E-state index contributed by atoms with van der Waals surface area (Å²) >= 11 is 11.0. The largest absolute Gasteiger partial charge is 0.417 e. The average Bonchev–Trinajstić information content (AvgIpc) is 2.63. The van der Waals surface area contributed by atoms with Gasteiger partial charge in [-0.2, -0.15) is 13.2 Å². The Balaban J connectivity index is 2.35. The summed E-state index contributed by atoms with van der Waals surface area (Å²) in [6, 6.07) is 7.10. The van der Waals surface area contributed by atoms with Gasteiger partial charge in [-0.15, -0.1) is 0 Å². The molecule has 0 amide bonds. The number of alkyl halides is 3. The number of aromatic amines is 1. The third-order valence-electron chi connectivity index (χ3n) is 4.12. The monoisotopic (exact) mass is 429 g/mol. The first-order valence-corrected chi connectivity index (χ1v) is 9.01. The minimum absolute atomic E-state index is 0.00230. The fraction of sp³-hybridized carbons (Fsp3) is 0.278. The van der Waals surface area contributed by atoms with Crippen molar-refractivity contribution < 1.29 is 17.9 Å². The standard InChI is InChI=1S/C18H15ClF3N3O2S/c1-27-8-2-7-25-15-14(16(26)24-17(25)28)12(18(20,21)22)9-13(23-15)10-3-5-11(19)6-4-10/h3-6,9H,2,7-8H2,1H3,(H,24,26,28). The molecular formula is C18H15ClF3N3O2S. The molecule has 0 saturated carbocycles. The molecule has 1 aromatic carbocycles. The number of aryl methyl sites for hydroxylation is 1. The number of nitrogens with one attached hydrogen (secondary N) is 1. The van der Waals surface area contributed by atoms with Crippen molar-refractivity contribution in [3.05, 3.63) is 56.0 Å². The Morgan fingerprint density at radius 1 is 1.29 bits per heavy atom. The predicted octanol–water partition coefficient (Wildman–Crippen LogP) is 4.83. The zero-order valence-electron chi connectivity index (χ0n) is 14.6. The molecule has 0 radical (unpaired) electrons. The number of H-pyrrole nitrogens is 1. The van der Waals surface area contributed by atoms with E-state index in [0.717, 1.165) is 6.07 Å². The van der Waals surface area contributed by atoms with Crippen LogP contribution in [0.3, 0.4) is 0 Å². The second-order valence-corrected chi connectivity index (χ2v) is 6.84. The van der Waals surface area contributed by atoms with Gasteiger partial charge in [-0.3, -0.25) is 9.78 Å². The van der Waals surface area contributed by atoms with Gasteiger partial charge < -0.3 is 9.30 Å². The van der Waals surface area contributed by atoms with Gasteiger partial charge in [0.1, 0.15) is 5.65 Å². The van der Waals surface area contributed by atoms with Gasteiger partial charge >= 0.3 is 6.18 Å². The molecule has 2 aromatic heterocycles. The van der Waals surface area contributed by atoms with E-state index in [-0.39, 0.29) is 22.7 Å². The topological polar surface area (TPSA) is 59.9 Å². The number of halogens is 4. The number of pyridine rings is 1. The molecule has 0 saturated heterocycles. The van der Waals surface area contributed by atoms with Crippen LogP contribution in [-0.4, -0.2) is 28.3 Å². The van der Waals surface area contributed by atoms with Crippen molar-refractivity contribution in [2.45, 2.75) is 19.1 Å². The second kappa shape index (κ2) is 8.02. The second-order valence-electron chi connectivity index (χ2n) is 6.02. The van der Waals surface area contributed by atoms with E-state index in [1.54, 1.807) is 24.3 Å². The lowest BCUT2D eigenvalue weighted by molar-refractivity contribution is -0.136. The van der Waals surface area contributed by atoms with Crippen molar-refractivity contribution in [1.82, 2.24) is 14.5 Å². The number of ether oxygens (including phenoxy) is 1. The fourth-order valence-electron chi connectivity index (χ4n) is 2.84. The van der Waals surface area contributed by atoms with Gasteiger partial charge in [0.15, 0.2) is 4.77 Å². The smallest absolute Gasteiger partial charge is 0.385 e. The van der Waals surface area contributed by atoms with Crippen molar-refractivity contribution in [3.63, 3.8) is 0 Å². The van der Waals surface area contributed by atoms with E-state index in [1.165, 1.54) is 11.7 Å². The number of rotatable bonds is 5. The normalized spacial score (nSPS) is 11.9. The molecule has 0 aliphatic heterocycles. The van der Waals surface area contributed by atoms with Crippen LogP contribution in [0.2, 0.25) is 5.02 Å². The Bertz CT molecular complexity index is 1120. The van der Waals surface area contributed by atoms with Crippen molar-refractivity contribution in [2.24, 2.45) is 0 Å². The number of benzene rings is 1. The summed E-state index contributed by atoms with van der Waals surface area (Å²) in [7, 11) is 1.52. The van der Waals surface area contributed by atoms with E-state index in [0.29, 0.717) is 23.6 Å². The number of aromatic nitrogens is 3. The lowest BCUT2D eigenvalue weighted by Gasteiger charge is -2.16. The van der Waals surface area contributed by atoms with Gasteiger partial charge in [0.2, 0.25) is 0 Å². The lowest BCUT2D eigenvalue weighted by atomic mass is 10.1. The predicted molar refractivity (Wildman–Crippen MR) is 103 cm³/mol. The van der Waals surface area contributed by atoms with Gasteiger partial charge in [-0.25, -0.2) is 4.98 Å². The third-order valence-corrected chi connectivity index (χ3v) is 4.70. The molecule has 10 heteroatoms. The zero-order valence-corrected chi connectivity index (χ0v) is 16.2. The maximum absolute atomic E-state index is 13.7. The van der Waals surface area contributed by atoms with Gasteiger partial charge in [0.25, 0.3) is 5.56 Å². The molecule has 0 unspecified atom stereocenters. The zero-order chi connectivity index (χ0) is 20.5. The molecule has 0 aliphatic carbocycles. The molecule has 0 atom stereocenters. The number of nitrogens with zero attached hydrogens (tertiary/aromatic N) is 2. The molecule has 148 valence electrons. The molecule has 3 aromatic rings. The van der Waals surface area contributed by atoms with Crippen molar-refractivity contribution in [3.8, 4) is 11.3 Å². The molecule has 28 heavy (non-hydrogen) atoms. The van der Waals surface area contributed by atoms with E-state index >= 15 is 0 Å². The summed E-state index contributed by atoms with van der Waals surface area (Å²) in [5, 5.41) is -0.101. The first-order chi connectivity index (χ1) is 13.2. The first kappa shape index (κ1) is 20.5. The van der Waals surface area contributed by atoms with Crippen LogP contribution < -0.4 is 5.56 Å². The molecule has 0 bridgehead atoms. The molecule has 5 nitrogen and oxygen atoms in total. The van der Waals surface area contributed by atoms with Crippen LogP contribution in [0.1, 0.15) is 12.0 Å². The molecule has 2 heterocycles. The van der Waals surface area contributed by atoms with Gasteiger partial charge in [-0.05, 0) is 36.8 Å². The quantitative estimate of drug-likeness (QED) is 0.466. The summed E-state index contributed by atoms with van der Waals surface area (Å²) in [6.45, 7) is 0.625. The van der Waals surface area contributed by atoms with Crippen LogP contribution in [0, 0.1) is 4.77 Å². The van der Waals surface area contributed by atoms with E-state index < -0.39 is 22.7 Å². The minimum Gasteiger partial charge on any atom is -0.385 e. The number of methoxy groups -OCH3 is 1. The summed E-state index contributed by atoms with van der Waals surface area (Å²) in [4.78, 5) is 19.0. The Labute approximate surface area is 167 Å². The SMILES string of the molecule is COCCCn1c(=S)[nH]c(=O)c2c(C(F)(F)F)cc(-c3ccc(Cl)cc3)nc21. The molecular weight excluding hydrogens is 415 g/mol. The Morgan fingerprint density at radius 2 is 1.96 bits per heavy atom. The summed E-state index contributed by atoms with van der Waals surface area (Å²) in [5.41, 5.74) is -1.61. The van der Waals surface area contributed by atoms with Gasteiger partial charge in [0.05, 0.1) is 16.6 Å². The van der Waals surface area contributed by atoms with E-state index in [2.05, 4.69) is 9.97 Å².